The fourth-order valence-corrected chi connectivity index (χ4v) is 5.49. The highest BCUT2D eigenvalue weighted by atomic mass is 31.2. The van der Waals surface area contributed by atoms with Gasteiger partial charge in [-0.1, -0.05) is 19.9 Å². The first-order valence-electron chi connectivity index (χ1n) is 13.1. The minimum absolute atomic E-state index is 0. The number of benzene rings is 1. The summed E-state index contributed by atoms with van der Waals surface area (Å²) in [6, 6.07) is 4.74. The summed E-state index contributed by atoms with van der Waals surface area (Å²) < 4.78 is 37.5. The Labute approximate surface area is 256 Å². The monoisotopic (exact) mass is 682 g/mol. The van der Waals surface area contributed by atoms with Crippen LogP contribution < -0.4 is 20.9 Å². The molecule has 0 radical (unpaired) electrons. The number of Topliss-reactive ketones (excluding diaryl/α,β-unsaturated/α-hetero) is 1. The van der Waals surface area contributed by atoms with Gasteiger partial charge >= 0.3 is 21.6 Å². The zero-order valence-corrected chi connectivity index (χ0v) is 26.1. The van der Waals surface area contributed by atoms with E-state index < -0.39 is 75.8 Å². The number of nitrogens with one attached hydrogen (secondary N) is 4. The Bertz CT molecular complexity index is 1490. The molecule has 1 saturated heterocycles. The number of ether oxygens (including phenoxy) is 1. The van der Waals surface area contributed by atoms with Crippen molar-refractivity contribution in [2.75, 3.05) is 20.3 Å². The zero-order valence-electron chi connectivity index (χ0n) is 24.3. The fourth-order valence-electron chi connectivity index (χ4n) is 4.59. The van der Waals surface area contributed by atoms with Crippen molar-refractivity contribution in [2.45, 2.75) is 44.9 Å². The van der Waals surface area contributed by atoms with Gasteiger partial charge in [-0.25, -0.2) is 18.4 Å². The van der Waals surface area contributed by atoms with Crippen LogP contribution in [0.15, 0.2) is 24.3 Å². The van der Waals surface area contributed by atoms with Crippen LogP contribution in [0, 0.1) is 11.8 Å². The van der Waals surface area contributed by atoms with Gasteiger partial charge in [0.15, 0.2) is 5.78 Å². The number of aromatic nitrogens is 1. The molecule has 19 nitrogen and oxygen atoms in total. The topological polar surface area (TPSA) is 304 Å². The van der Waals surface area contributed by atoms with Crippen molar-refractivity contribution in [3.05, 3.63) is 30.0 Å². The van der Waals surface area contributed by atoms with Crippen LogP contribution in [0.2, 0.25) is 0 Å². The van der Waals surface area contributed by atoms with Crippen molar-refractivity contribution in [3.63, 3.8) is 0 Å². The number of amides is 2. The highest BCUT2D eigenvalue weighted by Crippen LogP contribution is 2.43. The number of H-pyrrole nitrogens is 1. The molecule has 0 aliphatic carbocycles. The molecular weight excluding hydrogens is 646 g/mol. The van der Waals surface area contributed by atoms with E-state index in [9.17, 15) is 38.1 Å². The molecule has 1 aromatic heterocycles. The van der Waals surface area contributed by atoms with Gasteiger partial charge < -0.3 is 50.2 Å². The summed E-state index contributed by atoms with van der Waals surface area (Å²) in [5.41, 5.74) is -0.389. The number of hydrogen-bond donors (Lipinski definition) is 8. The second-order valence-corrected chi connectivity index (χ2v) is 12.8. The Kier molecular flexibility index (Phi) is 13.0. The van der Waals surface area contributed by atoms with Crippen LogP contribution in [0.4, 0.5) is 0 Å². The molecule has 10 N–H and O–H groups in total. The van der Waals surface area contributed by atoms with Gasteiger partial charge in [-0.05, 0) is 37.0 Å². The molecule has 3 atom stereocenters. The van der Waals surface area contributed by atoms with Gasteiger partial charge in [0.05, 0.1) is 7.11 Å². The van der Waals surface area contributed by atoms with E-state index in [1.165, 1.54) is 13.2 Å². The molecule has 0 bridgehead atoms. The molecule has 2 heterocycles. The summed E-state index contributed by atoms with van der Waals surface area (Å²) in [4.78, 5) is 97.0. The van der Waals surface area contributed by atoms with Gasteiger partial charge in [-0.15, -0.1) is 5.48 Å². The number of aromatic amines is 1. The van der Waals surface area contributed by atoms with E-state index in [0.717, 1.165) is 0 Å². The lowest BCUT2D eigenvalue weighted by atomic mass is 9.96. The first-order valence-corrected chi connectivity index (χ1v) is 16.2. The SMILES string of the molecule is COc1cccc2[nH]c(C(=O)N[C@@](CC(C)C)(OP(=O)(O)O)C(=O)ON[C@@H](C[C@@H]3CCNC3=O)C(=O)COP(=O)(O)O)cc12.O. The standard InChI is InChI=1S/C24H34N4O14P2.H2O/c1-13(2)11-24(42-44(36,37)38,27-22(31)18-10-15-16(26-18)5-4-6-20(15)39-3)23(32)41-28-17(9-14-7-8-25-21(14)30)19(29)12-40-43(33,34)35;/h4-6,10,13-14,17,26,28H,7-9,11-12H2,1-3H3,(H,25,30)(H,27,31)(H2,33,34,35)(H2,36,37,38);1H2/t14-,17-,24-;/m0./s1. The number of carbonyl (C=O) groups is 4. The largest absolute Gasteiger partial charge is 0.496 e. The first kappa shape index (κ1) is 38.0. The minimum Gasteiger partial charge on any atom is -0.496 e. The van der Waals surface area contributed by atoms with E-state index in [-0.39, 0.29) is 17.6 Å². The van der Waals surface area contributed by atoms with Crippen molar-refractivity contribution < 1.29 is 72.0 Å². The molecular formula is C24H36N4O15P2. The number of methoxy groups -OCH3 is 1. The predicted molar refractivity (Wildman–Crippen MR) is 153 cm³/mol. The Morgan fingerprint density at radius 3 is 2.38 bits per heavy atom. The van der Waals surface area contributed by atoms with E-state index in [2.05, 4.69) is 25.6 Å². The number of rotatable bonds is 16. The number of hydroxylamine groups is 1. The van der Waals surface area contributed by atoms with E-state index in [1.807, 2.05) is 0 Å². The Hall–Kier alpha value is -3.22. The molecule has 3 rings (SSSR count). The third-order valence-electron chi connectivity index (χ3n) is 6.44. The lowest BCUT2D eigenvalue weighted by Gasteiger charge is -2.33. The maximum atomic E-state index is 13.5. The first-order chi connectivity index (χ1) is 20.4. The van der Waals surface area contributed by atoms with Crippen LogP contribution in [-0.2, 0) is 37.4 Å². The molecule has 0 spiro atoms. The number of phosphoric acid groups is 2. The zero-order chi connectivity index (χ0) is 32.9. The van der Waals surface area contributed by atoms with Gasteiger partial charge in [-0.2, -0.15) is 0 Å². The van der Waals surface area contributed by atoms with Gasteiger partial charge in [0.1, 0.15) is 24.1 Å². The molecule has 1 aromatic carbocycles. The van der Waals surface area contributed by atoms with Crippen molar-refractivity contribution in [1.82, 2.24) is 21.1 Å². The van der Waals surface area contributed by atoms with E-state index in [1.54, 1.807) is 32.0 Å². The average molecular weight is 683 g/mol. The molecule has 252 valence electrons. The maximum Gasteiger partial charge on any atom is 0.472 e. The number of phosphoric ester groups is 2. The van der Waals surface area contributed by atoms with Gasteiger partial charge in [0, 0.05) is 29.8 Å². The van der Waals surface area contributed by atoms with E-state index >= 15 is 0 Å². The van der Waals surface area contributed by atoms with Crippen LogP contribution in [0.3, 0.4) is 0 Å². The molecule has 1 aliphatic rings. The summed E-state index contributed by atoms with van der Waals surface area (Å²) in [7, 11) is -9.17. The lowest BCUT2D eigenvalue weighted by molar-refractivity contribution is -0.179. The molecule has 21 heteroatoms. The van der Waals surface area contributed by atoms with Crippen LogP contribution in [0.25, 0.3) is 10.9 Å². The van der Waals surface area contributed by atoms with Crippen LogP contribution >= 0.6 is 15.6 Å². The van der Waals surface area contributed by atoms with Crippen LogP contribution in [0.1, 0.15) is 43.6 Å². The van der Waals surface area contributed by atoms with Gasteiger partial charge in [0.2, 0.25) is 5.91 Å². The maximum absolute atomic E-state index is 13.5. The van der Waals surface area contributed by atoms with Crippen LogP contribution in [0.5, 0.6) is 5.75 Å². The highest BCUT2D eigenvalue weighted by molar-refractivity contribution is 7.46. The third kappa shape index (κ3) is 10.7. The molecule has 45 heavy (non-hydrogen) atoms. The summed E-state index contributed by atoms with van der Waals surface area (Å²) in [6.45, 7) is 2.28. The summed E-state index contributed by atoms with van der Waals surface area (Å²) >= 11 is 0. The van der Waals surface area contributed by atoms with Crippen molar-refractivity contribution >= 4 is 50.1 Å². The van der Waals surface area contributed by atoms with Crippen molar-refractivity contribution in [2.24, 2.45) is 11.8 Å². The Balaban J connectivity index is 0.00000705. The average Bonchev–Trinajstić information content (AvgIpc) is 3.53. The molecule has 2 aromatic rings. The number of hydrogen-bond acceptors (Lipinski definition) is 11. The number of fused-ring (bicyclic) bond motifs is 1. The predicted octanol–water partition coefficient (Wildman–Crippen LogP) is -0.446. The normalized spacial score (nSPS) is 17.2. The van der Waals surface area contributed by atoms with E-state index in [0.29, 0.717) is 29.6 Å². The Morgan fingerprint density at radius 1 is 1.13 bits per heavy atom. The molecule has 0 saturated carbocycles. The smallest absolute Gasteiger partial charge is 0.472 e. The van der Waals surface area contributed by atoms with E-state index in [4.69, 9.17) is 23.9 Å². The quantitative estimate of drug-likeness (QED) is 0.0632. The van der Waals surface area contributed by atoms with Crippen molar-refractivity contribution in [1.29, 1.82) is 0 Å². The van der Waals surface area contributed by atoms with Gasteiger partial charge in [-0.3, -0.25) is 18.9 Å². The highest BCUT2D eigenvalue weighted by Gasteiger charge is 2.49. The minimum atomic E-state index is -5.51. The summed E-state index contributed by atoms with van der Waals surface area (Å²) in [5.74, 6) is -4.95. The summed E-state index contributed by atoms with van der Waals surface area (Å²) in [5, 5.41) is 5.24. The number of carbonyl (C=O) groups excluding carboxylic acids is 4. The van der Waals surface area contributed by atoms with Crippen molar-refractivity contribution in [3.8, 4) is 5.75 Å². The lowest BCUT2D eigenvalue weighted by Crippen LogP contribution is -2.59. The molecule has 1 aliphatic heterocycles. The fraction of sp³-hybridized carbons (Fsp3) is 0.500. The molecule has 1 fully saturated rings. The van der Waals surface area contributed by atoms with Crippen LogP contribution in [-0.4, -0.2) is 85.6 Å². The summed E-state index contributed by atoms with van der Waals surface area (Å²) in [6.07, 6.45) is -0.539. The number of ketones is 1. The second-order valence-electron chi connectivity index (χ2n) is 10.4. The molecule has 0 unspecified atom stereocenters. The van der Waals surface area contributed by atoms with Gasteiger partial charge in [0.25, 0.3) is 11.6 Å². The molecule has 2 amide bonds. The third-order valence-corrected chi connectivity index (χ3v) is 7.46. The Morgan fingerprint density at radius 2 is 1.82 bits per heavy atom. The second kappa shape index (κ2) is 15.4.